The number of carbonyl (C=O) groups is 16. The zero-order valence-electron chi connectivity index (χ0n) is 75.7. The largest absolute Gasteiger partial charge is 0.481 e. The molecule has 0 aliphatic heterocycles. The van der Waals surface area contributed by atoms with Gasteiger partial charge in [-0.3, -0.25) is 62.3 Å². The standard InChI is InChI=1S/C17H31NO5.C14H27NO4.C13H22O4S.C12H22O4.C9H18O3.C8H16N2O2.C7H13NO3S.C5H11NO/c1-3-6-16(20)8-5-11-22-13-14-23-12-10-18-17(21)9-4-7-15(2)19;1-3-4-9-18-11-12-19-10-8-15-14(17)7-5-6-13(2)16;1-3-7-18-8-6-12(15)9-11(13(16)17)5-4-10(2)14;1-3-5-12(14)6-4-7-15-8-9-16-10-11(2)13;1-3-4-5-11-6-7-12-8-9(2)10;1-7(11)6-8(12)10-5-3-4-9-2;1-5(9)3-12-4-6(8-2)7(10)11;1-5(7)3-4-6-2/h3-14H2,1-2H3,(H,18,21);3-12H2,1-2H3,(H,15,17);11H,3-9H2,1-2H3,(H,16,17);3-10H2,1-2H3;3-8H2,1-2H3;9H,3-6H2,1-2H3,(H,10,12);6,8H,3-4H2,1-2H3,(H,10,11);6H,3-4H2,1-2H3. The Bertz CT molecular complexity index is 2570. The van der Waals surface area contributed by atoms with Crippen molar-refractivity contribution in [3.63, 3.8) is 0 Å². The van der Waals surface area contributed by atoms with Crippen LogP contribution in [0.5, 0.6) is 0 Å². The van der Waals surface area contributed by atoms with Gasteiger partial charge in [-0.25, -0.2) is 0 Å². The summed E-state index contributed by atoms with van der Waals surface area (Å²) in [6, 6.07) is -0.561. The number of likely N-dealkylation sites (N-methyl/N-ethyl adjacent to an activating group) is 1. The molecule has 3 amide bonds. The Morgan fingerprint density at radius 1 is 0.311 bits per heavy atom. The first-order valence-corrected chi connectivity index (χ1v) is 44.5. The molecule has 0 heterocycles. The monoisotopic (exact) mass is 1750 g/mol. The maximum Gasteiger partial charge on any atom is 0.321 e. The minimum absolute atomic E-state index is 0.000443. The van der Waals surface area contributed by atoms with Gasteiger partial charge in [-0.15, -0.1) is 0 Å². The molecule has 0 aromatic rings. The van der Waals surface area contributed by atoms with Gasteiger partial charge in [-0.05, 0) is 159 Å². The number of carbonyl (C=O) groups excluding carboxylic acids is 14. The van der Waals surface area contributed by atoms with Gasteiger partial charge >= 0.3 is 11.9 Å². The number of carboxylic acid groups (broad SMARTS) is 2. The third-order valence-corrected chi connectivity index (χ3v) is 17.1. The highest BCUT2D eigenvalue weighted by molar-refractivity contribution is 8.00. The van der Waals surface area contributed by atoms with Crippen LogP contribution in [0.25, 0.3) is 0 Å². The fourth-order valence-corrected chi connectivity index (χ4v) is 10.3. The summed E-state index contributed by atoms with van der Waals surface area (Å²) in [7, 11) is 5.29. The van der Waals surface area contributed by atoms with Gasteiger partial charge < -0.3 is 94.4 Å². The van der Waals surface area contributed by atoms with Crippen LogP contribution < -0.4 is 31.9 Å². The van der Waals surface area contributed by atoms with Gasteiger partial charge in [0.15, 0.2) is 11.6 Å². The summed E-state index contributed by atoms with van der Waals surface area (Å²) in [5, 5.41) is 34.2. The molecule has 0 rings (SSSR count). The van der Waals surface area contributed by atoms with E-state index in [1.165, 1.54) is 60.2 Å². The summed E-state index contributed by atoms with van der Waals surface area (Å²) in [6.07, 6.45) is 16.8. The summed E-state index contributed by atoms with van der Waals surface area (Å²) < 4.78 is 41.8. The first-order chi connectivity index (χ1) is 56.6. The SMILES string of the molecule is CCCC(=O)CCCOCCOCC(C)=O.CCCC(=O)CCCOCCOCCNC(=O)CCCC(C)=O.CCCCOCCOCC(C)=O.CCCCOCCOCCNC(=O)CCCC(C)=O.CCCSCCC(=O)CC(CCC(C)=O)C(=O)O.CNC(CSCC(C)=O)C(=O)O.CNCCC(C)=O.CNCCCNC(=O)CC(C)=O. The van der Waals surface area contributed by atoms with E-state index in [0.717, 1.165) is 102 Å². The molecular formula is C85H160N6O26S2. The van der Waals surface area contributed by atoms with Crippen molar-refractivity contribution >= 4 is 117 Å². The van der Waals surface area contributed by atoms with Crippen LogP contribution in [0.15, 0.2) is 0 Å². The van der Waals surface area contributed by atoms with Crippen molar-refractivity contribution in [2.45, 2.75) is 263 Å². The van der Waals surface area contributed by atoms with Gasteiger partial charge in [0.05, 0.1) is 84.2 Å². The Hall–Kier alpha value is -6.02. The molecule has 0 aromatic carbocycles. The lowest BCUT2D eigenvalue weighted by atomic mass is 9.95. The van der Waals surface area contributed by atoms with E-state index in [0.29, 0.717) is 199 Å². The number of hydrogen-bond donors (Lipinski definition) is 8. The number of nitrogens with one attached hydrogen (secondary N) is 6. The average Bonchev–Trinajstić information content (AvgIpc) is 0.936. The van der Waals surface area contributed by atoms with Gasteiger partial charge in [0.2, 0.25) is 17.7 Å². The van der Waals surface area contributed by atoms with E-state index in [1.807, 2.05) is 27.9 Å². The number of amides is 3. The minimum Gasteiger partial charge on any atom is -0.481 e. The summed E-state index contributed by atoms with van der Waals surface area (Å²) in [6.45, 7) is 33.8. The molecule has 34 heteroatoms. The molecule has 119 heavy (non-hydrogen) atoms. The maximum atomic E-state index is 11.6. The van der Waals surface area contributed by atoms with Crippen molar-refractivity contribution in [1.82, 2.24) is 31.9 Å². The molecule has 0 aliphatic rings. The molecule has 0 saturated heterocycles. The van der Waals surface area contributed by atoms with E-state index >= 15 is 0 Å². The lowest BCUT2D eigenvalue weighted by Crippen LogP contribution is -2.36. The Kier molecular flexibility index (Phi) is 113. The topological polar surface area (TPSA) is 460 Å². The van der Waals surface area contributed by atoms with E-state index in [9.17, 15) is 76.7 Å². The smallest absolute Gasteiger partial charge is 0.321 e. The van der Waals surface area contributed by atoms with Crippen LogP contribution in [0.1, 0.15) is 257 Å². The van der Waals surface area contributed by atoms with Crippen LogP contribution in [0, 0.1) is 5.92 Å². The van der Waals surface area contributed by atoms with Crippen LogP contribution in [-0.4, -0.2) is 292 Å². The van der Waals surface area contributed by atoms with Crippen LogP contribution in [0.4, 0.5) is 0 Å². The van der Waals surface area contributed by atoms with Crippen molar-refractivity contribution < 1.29 is 125 Å². The quantitative estimate of drug-likeness (QED) is 0.0207. The molecule has 0 spiro atoms. The van der Waals surface area contributed by atoms with Crippen LogP contribution >= 0.6 is 23.5 Å². The average molecular weight is 1750 g/mol. The number of Topliss-reactive ketones (excluding diaryl/α,β-unsaturated/α-hetero) is 11. The number of aliphatic carboxylic acids is 2. The summed E-state index contributed by atoms with van der Waals surface area (Å²) in [4.78, 5) is 173. The fourth-order valence-electron chi connectivity index (χ4n) is 8.44. The zero-order chi connectivity index (χ0) is 91.8. The molecule has 2 unspecified atom stereocenters. The first kappa shape index (κ1) is 129. The van der Waals surface area contributed by atoms with Crippen LogP contribution in [0.2, 0.25) is 0 Å². The van der Waals surface area contributed by atoms with Crippen molar-refractivity contribution in [3.05, 3.63) is 0 Å². The second kappa shape index (κ2) is 104. The molecule has 0 aromatic heterocycles. The van der Waals surface area contributed by atoms with Crippen molar-refractivity contribution in [3.8, 4) is 0 Å². The zero-order valence-corrected chi connectivity index (χ0v) is 77.4. The first-order valence-electron chi connectivity index (χ1n) is 42.1. The Balaban J connectivity index is -0.000000201. The molecule has 32 nitrogen and oxygen atoms in total. The second-order valence-corrected chi connectivity index (χ2v) is 29.8. The number of thioether (sulfide) groups is 2. The van der Waals surface area contributed by atoms with Gasteiger partial charge in [0.25, 0.3) is 0 Å². The van der Waals surface area contributed by atoms with Crippen molar-refractivity contribution in [2.24, 2.45) is 5.92 Å². The molecule has 0 bridgehead atoms. The number of unbranched alkanes of at least 4 members (excludes halogenated alkanes) is 2. The Labute approximate surface area is 721 Å². The van der Waals surface area contributed by atoms with E-state index in [4.69, 9.17) is 48.1 Å². The Morgan fingerprint density at radius 3 is 1.05 bits per heavy atom. The highest BCUT2D eigenvalue weighted by Gasteiger charge is 2.21. The van der Waals surface area contributed by atoms with Gasteiger partial charge in [-0.2, -0.15) is 23.5 Å². The highest BCUT2D eigenvalue weighted by atomic mass is 32.2. The molecule has 2 atom stereocenters. The normalized spacial score (nSPS) is 10.7. The number of ether oxygens (including phenoxy) is 8. The summed E-state index contributed by atoms with van der Waals surface area (Å²) >= 11 is 3.04. The number of hydrogen-bond acceptors (Lipinski definition) is 29. The minimum atomic E-state index is -0.981. The lowest BCUT2D eigenvalue weighted by Gasteiger charge is -2.10. The second-order valence-electron chi connectivity index (χ2n) is 27.5. The van der Waals surface area contributed by atoms with Crippen molar-refractivity contribution in [2.75, 3.05) is 183 Å². The predicted molar refractivity (Wildman–Crippen MR) is 469 cm³/mol. The molecular weight excluding hydrogens is 1590 g/mol. The van der Waals surface area contributed by atoms with Crippen LogP contribution in [0.3, 0.4) is 0 Å². The van der Waals surface area contributed by atoms with E-state index < -0.39 is 23.9 Å². The van der Waals surface area contributed by atoms with Crippen LogP contribution in [-0.2, 0) is 115 Å². The predicted octanol–water partition coefficient (Wildman–Crippen LogP) is 9.31. The summed E-state index contributed by atoms with van der Waals surface area (Å²) in [5.74, 6) is 0.830. The third kappa shape index (κ3) is 133. The van der Waals surface area contributed by atoms with Gasteiger partial charge in [0, 0.05) is 141 Å². The van der Waals surface area contributed by atoms with Gasteiger partial charge in [-0.1, -0.05) is 47.5 Å². The molecule has 8 N–H and O–H groups in total. The molecule has 0 fully saturated rings. The van der Waals surface area contributed by atoms with E-state index in [-0.39, 0.29) is 109 Å². The maximum absolute atomic E-state index is 11.6. The fraction of sp³-hybridized carbons (Fsp3) is 0.812. The molecule has 698 valence electrons. The summed E-state index contributed by atoms with van der Waals surface area (Å²) in [5.41, 5.74) is 0. The number of ketones is 11. The lowest BCUT2D eigenvalue weighted by molar-refractivity contribution is -0.144. The van der Waals surface area contributed by atoms with Gasteiger partial charge in [0.1, 0.15) is 71.3 Å². The highest BCUT2D eigenvalue weighted by Crippen LogP contribution is 2.16. The molecule has 0 radical (unpaired) electrons. The molecule has 0 aliphatic carbocycles. The number of rotatable bonds is 74. The molecule has 0 saturated carbocycles. The van der Waals surface area contributed by atoms with E-state index in [1.54, 1.807) is 25.7 Å². The third-order valence-electron chi connectivity index (χ3n) is 14.8. The Morgan fingerprint density at radius 2 is 0.714 bits per heavy atom. The van der Waals surface area contributed by atoms with Crippen molar-refractivity contribution in [1.29, 1.82) is 0 Å². The number of carboxylic acids is 2. The van der Waals surface area contributed by atoms with E-state index in [2.05, 4.69) is 52.7 Å².